The molecule has 0 unspecified atom stereocenters. The molecule has 0 aliphatic carbocycles. The number of nitrogens with zero attached hydrogens (tertiary/aromatic N) is 2. The lowest BCUT2D eigenvalue weighted by Crippen LogP contribution is -2.04. The summed E-state index contributed by atoms with van der Waals surface area (Å²) in [7, 11) is 0. The van der Waals surface area contributed by atoms with Crippen molar-refractivity contribution in [2.24, 2.45) is 0 Å². The molecule has 0 spiro atoms. The molecule has 3 heteroatoms. The first kappa shape index (κ1) is 13.3. The summed E-state index contributed by atoms with van der Waals surface area (Å²) in [5.74, 6) is 0.659. The van der Waals surface area contributed by atoms with Gasteiger partial charge in [-0.1, -0.05) is 35.9 Å². The lowest BCUT2D eigenvalue weighted by molar-refractivity contribution is 1.02. The third-order valence-electron chi connectivity index (χ3n) is 2.99. The normalized spacial score (nSPS) is 10.1. The van der Waals surface area contributed by atoms with Crippen molar-refractivity contribution in [3.05, 3.63) is 65.1 Å². The summed E-state index contributed by atoms with van der Waals surface area (Å²) < 4.78 is 0. The maximum atomic E-state index is 4.53. The van der Waals surface area contributed by atoms with E-state index in [-0.39, 0.29) is 0 Å². The number of allylic oxidation sites excluding steroid dienone is 2. The zero-order chi connectivity index (χ0) is 13.7. The number of benzene rings is 1. The van der Waals surface area contributed by atoms with Gasteiger partial charge in [0.2, 0.25) is 5.95 Å². The minimum atomic E-state index is 0.659. The van der Waals surface area contributed by atoms with E-state index < -0.39 is 0 Å². The molecule has 1 aromatic carbocycles. The van der Waals surface area contributed by atoms with Crippen LogP contribution in [0.1, 0.15) is 32.0 Å². The Labute approximate surface area is 114 Å². The smallest absolute Gasteiger partial charge is 0.227 e. The van der Waals surface area contributed by atoms with E-state index >= 15 is 0 Å². The number of anilines is 1. The van der Waals surface area contributed by atoms with E-state index in [9.17, 15) is 0 Å². The third kappa shape index (κ3) is 3.91. The maximum Gasteiger partial charge on any atom is 0.227 e. The Morgan fingerprint density at radius 1 is 1.05 bits per heavy atom. The van der Waals surface area contributed by atoms with Crippen LogP contribution in [0.2, 0.25) is 0 Å². The minimum absolute atomic E-state index is 0.659. The van der Waals surface area contributed by atoms with Gasteiger partial charge in [0.05, 0.1) is 5.69 Å². The van der Waals surface area contributed by atoms with E-state index in [0.29, 0.717) is 5.95 Å². The van der Waals surface area contributed by atoms with Crippen molar-refractivity contribution in [3.63, 3.8) is 0 Å². The second-order valence-corrected chi connectivity index (χ2v) is 4.78. The van der Waals surface area contributed by atoms with Gasteiger partial charge >= 0.3 is 0 Å². The van der Waals surface area contributed by atoms with Crippen LogP contribution in [0.15, 0.2) is 53.9 Å². The average molecular weight is 253 g/mol. The number of nitrogens with one attached hydrogen (secondary N) is 1. The van der Waals surface area contributed by atoms with E-state index in [2.05, 4.69) is 41.3 Å². The van der Waals surface area contributed by atoms with Crippen molar-refractivity contribution in [2.75, 3.05) is 5.32 Å². The molecule has 0 aliphatic rings. The second-order valence-electron chi connectivity index (χ2n) is 4.78. The predicted octanol–water partition coefficient (Wildman–Crippen LogP) is 3.79. The predicted molar refractivity (Wildman–Crippen MR) is 79.0 cm³/mol. The molecule has 0 saturated heterocycles. The first-order valence-corrected chi connectivity index (χ1v) is 6.42. The Bertz CT molecular complexity index is 570. The Morgan fingerprint density at radius 3 is 2.47 bits per heavy atom. The minimum Gasteiger partial charge on any atom is -0.328 e. The molecule has 0 fully saturated rings. The Kier molecular flexibility index (Phi) is 4.29. The van der Waals surface area contributed by atoms with Crippen molar-refractivity contribution in [1.29, 1.82) is 0 Å². The van der Waals surface area contributed by atoms with Crippen molar-refractivity contribution in [1.82, 2.24) is 9.97 Å². The molecule has 0 amide bonds. The molecule has 3 nitrogen and oxygen atoms in total. The lowest BCUT2D eigenvalue weighted by atomic mass is 10.1. The van der Waals surface area contributed by atoms with Gasteiger partial charge in [0.25, 0.3) is 0 Å². The molecule has 2 aromatic rings. The molecule has 0 atom stereocenters. The first-order valence-electron chi connectivity index (χ1n) is 6.42. The van der Waals surface area contributed by atoms with Crippen LogP contribution in [0.3, 0.4) is 0 Å². The summed E-state index contributed by atoms with van der Waals surface area (Å²) in [5.41, 5.74) is 4.60. The Balaban J connectivity index is 2.14. The van der Waals surface area contributed by atoms with Crippen LogP contribution >= 0.6 is 0 Å². The van der Waals surface area contributed by atoms with Gasteiger partial charge in [-0.15, -0.1) is 0 Å². The van der Waals surface area contributed by atoms with Crippen LogP contribution in [0.4, 0.5) is 5.95 Å². The average Bonchev–Trinajstić information content (AvgIpc) is 2.40. The molecule has 0 bridgehead atoms. The van der Waals surface area contributed by atoms with Crippen molar-refractivity contribution in [3.8, 4) is 0 Å². The van der Waals surface area contributed by atoms with Crippen LogP contribution in [0.25, 0.3) is 0 Å². The van der Waals surface area contributed by atoms with Crippen molar-refractivity contribution in [2.45, 2.75) is 27.2 Å². The van der Waals surface area contributed by atoms with E-state index in [0.717, 1.165) is 17.8 Å². The highest BCUT2D eigenvalue weighted by atomic mass is 15.1. The van der Waals surface area contributed by atoms with Crippen LogP contribution in [0, 0.1) is 0 Å². The zero-order valence-corrected chi connectivity index (χ0v) is 11.6. The third-order valence-corrected chi connectivity index (χ3v) is 2.99. The fourth-order valence-corrected chi connectivity index (χ4v) is 1.65. The number of aromatic nitrogens is 2. The van der Waals surface area contributed by atoms with Crippen LogP contribution in [-0.2, 0) is 6.42 Å². The van der Waals surface area contributed by atoms with Crippen LogP contribution < -0.4 is 5.32 Å². The van der Waals surface area contributed by atoms with Gasteiger partial charge in [0.15, 0.2) is 0 Å². The lowest BCUT2D eigenvalue weighted by Gasteiger charge is -2.08. The molecule has 1 aromatic heterocycles. The molecule has 2 rings (SSSR count). The van der Waals surface area contributed by atoms with E-state index in [1.807, 2.05) is 31.2 Å². The Morgan fingerprint density at radius 2 is 1.79 bits per heavy atom. The highest BCUT2D eigenvalue weighted by Gasteiger charge is 2.01. The van der Waals surface area contributed by atoms with Gasteiger partial charge in [0, 0.05) is 18.3 Å². The maximum absolute atomic E-state index is 4.53. The van der Waals surface area contributed by atoms with Gasteiger partial charge in [-0.05, 0) is 32.4 Å². The highest BCUT2D eigenvalue weighted by molar-refractivity contribution is 5.36. The molecule has 19 heavy (non-hydrogen) atoms. The summed E-state index contributed by atoms with van der Waals surface area (Å²) in [6.45, 7) is 6.16. The van der Waals surface area contributed by atoms with E-state index in [4.69, 9.17) is 0 Å². The molecule has 0 saturated carbocycles. The molecular formula is C16H19N3. The van der Waals surface area contributed by atoms with Crippen molar-refractivity contribution < 1.29 is 0 Å². The zero-order valence-electron chi connectivity index (χ0n) is 11.6. The van der Waals surface area contributed by atoms with Gasteiger partial charge in [0.1, 0.15) is 0 Å². The second kappa shape index (κ2) is 6.14. The summed E-state index contributed by atoms with van der Waals surface area (Å²) >= 11 is 0. The summed E-state index contributed by atoms with van der Waals surface area (Å²) in [4.78, 5) is 8.78. The molecule has 98 valence electrons. The number of hydrogen-bond donors (Lipinski definition) is 1. The monoisotopic (exact) mass is 253 g/mol. The quantitative estimate of drug-likeness (QED) is 0.900. The van der Waals surface area contributed by atoms with E-state index in [1.54, 1.807) is 6.20 Å². The molecule has 1 heterocycles. The summed E-state index contributed by atoms with van der Waals surface area (Å²) in [5, 5.41) is 3.22. The van der Waals surface area contributed by atoms with Crippen molar-refractivity contribution >= 4 is 5.95 Å². The fraction of sp³-hybridized carbons (Fsp3) is 0.250. The molecule has 0 aliphatic heterocycles. The van der Waals surface area contributed by atoms with E-state index in [1.165, 1.54) is 11.1 Å². The molecular weight excluding hydrogens is 234 g/mol. The van der Waals surface area contributed by atoms with Gasteiger partial charge in [-0.2, -0.15) is 0 Å². The molecule has 1 N–H and O–H groups in total. The SMILES string of the molecule is CC(C)=C(C)Nc1nccc(Cc2ccccc2)n1. The number of hydrogen-bond acceptors (Lipinski definition) is 3. The van der Waals surface area contributed by atoms with Gasteiger partial charge in [-0.3, -0.25) is 0 Å². The highest BCUT2D eigenvalue weighted by Crippen LogP contribution is 2.10. The number of rotatable bonds is 4. The summed E-state index contributed by atoms with van der Waals surface area (Å²) in [6.07, 6.45) is 2.62. The van der Waals surface area contributed by atoms with Gasteiger partial charge < -0.3 is 5.32 Å². The fourth-order valence-electron chi connectivity index (χ4n) is 1.65. The van der Waals surface area contributed by atoms with Crippen LogP contribution in [0.5, 0.6) is 0 Å². The largest absolute Gasteiger partial charge is 0.328 e. The topological polar surface area (TPSA) is 37.8 Å². The first-order chi connectivity index (χ1) is 9.15. The van der Waals surface area contributed by atoms with Crippen LogP contribution in [-0.4, -0.2) is 9.97 Å². The molecule has 0 radical (unpaired) electrons. The van der Waals surface area contributed by atoms with Gasteiger partial charge in [-0.25, -0.2) is 9.97 Å². The standard InChI is InChI=1S/C16H19N3/c1-12(2)13(3)18-16-17-10-9-15(19-16)11-14-7-5-4-6-8-14/h4-10H,11H2,1-3H3,(H,17,18,19). The Hall–Kier alpha value is -2.16. The summed E-state index contributed by atoms with van der Waals surface area (Å²) in [6, 6.07) is 12.3.